The maximum Gasteiger partial charge on any atom is 0.326 e. The van der Waals surface area contributed by atoms with E-state index < -0.39 is 12.0 Å². The van der Waals surface area contributed by atoms with Crippen LogP contribution < -0.4 is 5.32 Å². The fourth-order valence-corrected chi connectivity index (χ4v) is 1.48. The third-order valence-corrected chi connectivity index (χ3v) is 2.53. The molecule has 1 aromatic rings. The largest absolute Gasteiger partial charge is 0.480 e. The Kier molecular flexibility index (Phi) is 4.69. The highest BCUT2D eigenvalue weighted by Crippen LogP contribution is 2.04. The second-order valence-electron chi connectivity index (χ2n) is 4.03. The summed E-state index contributed by atoms with van der Waals surface area (Å²) in [7, 11) is 0. The second kappa shape index (κ2) is 6.03. The molecular formula is C13H17NO3. The lowest BCUT2D eigenvalue weighted by Gasteiger charge is -2.12. The average molecular weight is 235 g/mol. The number of carbonyl (C=O) groups is 2. The predicted octanol–water partition coefficient (Wildman–Crippen LogP) is 1.52. The van der Waals surface area contributed by atoms with Crippen molar-refractivity contribution in [3.05, 3.63) is 35.4 Å². The molecule has 1 unspecified atom stereocenters. The number of amides is 1. The van der Waals surface area contributed by atoms with Crippen LogP contribution in [0.2, 0.25) is 0 Å². The van der Waals surface area contributed by atoms with Crippen LogP contribution in [0.1, 0.15) is 24.5 Å². The van der Waals surface area contributed by atoms with Crippen molar-refractivity contribution < 1.29 is 14.7 Å². The number of carbonyl (C=O) groups excluding carboxylic acids is 1. The van der Waals surface area contributed by atoms with Gasteiger partial charge in [-0.15, -0.1) is 0 Å². The van der Waals surface area contributed by atoms with E-state index in [9.17, 15) is 9.59 Å². The molecule has 1 rings (SSSR count). The third-order valence-electron chi connectivity index (χ3n) is 2.53. The van der Waals surface area contributed by atoms with Gasteiger partial charge >= 0.3 is 5.97 Å². The molecule has 4 heteroatoms. The highest BCUT2D eigenvalue weighted by Gasteiger charge is 2.17. The monoisotopic (exact) mass is 235 g/mol. The molecule has 0 spiro atoms. The zero-order chi connectivity index (χ0) is 12.8. The van der Waals surface area contributed by atoms with Gasteiger partial charge in [0.15, 0.2) is 0 Å². The molecule has 2 N–H and O–H groups in total. The minimum absolute atomic E-state index is 0.212. The van der Waals surface area contributed by atoms with Crippen LogP contribution in [-0.4, -0.2) is 23.0 Å². The summed E-state index contributed by atoms with van der Waals surface area (Å²) >= 11 is 0. The molecule has 17 heavy (non-hydrogen) atoms. The standard InChI is InChI=1S/C13H17NO3/c1-3-11(13(16)17)14-12(15)8-10-6-4-9(2)5-7-10/h4-7,11H,3,8H2,1-2H3,(H,14,15)(H,16,17). The summed E-state index contributed by atoms with van der Waals surface area (Å²) < 4.78 is 0. The van der Waals surface area contributed by atoms with Gasteiger partial charge in [-0.05, 0) is 18.9 Å². The molecule has 0 heterocycles. The van der Waals surface area contributed by atoms with E-state index >= 15 is 0 Å². The molecule has 0 radical (unpaired) electrons. The zero-order valence-electron chi connectivity index (χ0n) is 10.1. The van der Waals surface area contributed by atoms with Crippen molar-refractivity contribution in [1.82, 2.24) is 5.32 Å². The van der Waals surface area contributed by atoms with Gasteiger partial charge in [0.25, 0.3) is 0 Å². The molecule has 1 atom stereocenters. The Morgan fingerprint density at radius 1 is 1.29 bits per heavy atom. The summed E-state index contributed by atoms with van der Waals surface area (Å²) in [6.45, 7) is 3.70. The van der Waals surface area contributed by atoms with Gasteiger partial charge in [0, 0.05) is 0 Å². The van der Waals surface area contributed by atoms with Crippen LogP contribution in [0.5, 0.6) is 0 Å². The fourth-order valence-electron chi connectivity index (χ4n) is 1.48. The first-order valence-corrected chi connectivity index (χ1v) is 5.60. The molecule has 0 fully saturated rings. The number of nitrogens with one attached hydrogen (secondary N) is 1. The normalized spacial score (nSPS) is 11.9. The van der Waals surface area contributed by atoms with Gasteiger partial charge in [0.1, 0.15) is 6.04 Å². The Morgan fingerprint density at radius 3 is 2.35 bits per heavy atom. The van der Waals surface area contributed by atoms with Crippen LogP contribution in [0.4, 0.5) is 0 Å². The Hall–Kier alpha value is -1.84. The Bertz CT molecular complexity index is 398. The molecule has 1 amide bonds. The third kappa shape index (κ3) is 4.26. The minimum atomic E-state index is -0.996. The number of aliphatic carboxylic acids is 1. The number of aryl methyl sites for hydroxylation is 1. The molecule has 0 aliphatic carbocycles. The van der Waals surface area contributed by atoms with Gasteiger partial charge in [-0.3, -0.25) is 4.79 Å². The van der Waals surface area contributed by atoms with E-state index in [0.717, 1.165) is 11.1 Å². The number of hydrogen-bond donors (Lipinski definition) is 2. The van der Waals surface area contributed by atoms with Gasteiger partial charge in [0.05, 0.1) is 6.42 Å². The molecule has 0 aliphatic rings. The van der Waals surface area contributed by atoms with E-state index in [-0.39, 0.29) is 12.3 Å². The van der Waals surface area contributed by atoms with Crippen molar-refractivity contribution in [2.45, 2.75) is 32.7 Å². The van der Waals surface area contributed by atoms with Gasteiger partial charge in [0.2, 0.25) is 5.91 Å². The maximum atomic E-state index is 11.6. The topological polar surface area (TPSA) is 66.4 Å². The lowest BCUT2D eigenvalue weighted by atomic mass is 10.1. The molecular weight excluding hydrogens is 218 g/mol. The van der Waals surface area contributed by atoms with E-state index in [4.69, 9.17) is 5.11 Å². The molecule has 0 aliphatic heterocycles. The Labute approximate surface area is 101 Å². The molecule has 0 saturated carbocycles. The van der Waals surface area contributed by atoms with Gasteiger partial charge < -0.3 is 10.4 Å². The molecule has 92 valence electrons. The molecule has 0 saturated heterocycles. The van der Waals surface area contributed by atoms with Crippen molar-refractivity contribution in [3.8, 4) is 0 Å². The van der Waals surface area contributed by atoms with Gasteiger partial charge in [-0.25, -0.2) is 4.79 Å². The Morgan fingerprint density at radius 2 is 1.88 bits per heavy atom. The maximum absolute atomic E-state index is 11.6. The molecule has 0 bridgehead atoms. The minimum Gasteiger partial charge on any atom is -0.480 e. The van der Waals surface area contributed by atoms with Crippen LogP contribution in [0, 0.1) is 6.92 Å². The summed E-state index contributed by atoms with van der Waals surface area (Å²) in [4.78, 5) is 22.3. The lowest BCUT2D eigenvalue weighted by Crippen LogP contribution is -2.40. The lowest BCUT2D eigenvalue weighted by molar-refractivity contribution is -0.141. The van der Waals surface area contributed by atoms with Gasteiger partial charge in [-0.1, -0.05) is 36.8 Å². The molecule has 0 aromatic heterocycles. The van der Waals surface area contributed by atoms with E-state index in [1.807, 2.05) is 31.2 Å². The SMILES string of the molecule is CCC(NC(=O)Cc1ccc(C)cc1)C(=O)O. The van der Waals surface area contributed by atoms with Gasteiger partial charge in [-0.2, -0.15) is 0 Å². The van der Waals surface area contributed by atoms with E-state index in [2.05, 4.69) is 5.32 Å². The Balaban J connectivity index is 2.54. The van der Waals surface area contributed by atoms with E-state index in [1.165, 1.54) is 0 Å². The van der Waals surface area contributed by atoms with Crippen molar-refractivity contribution in [2.24, 2.45) is 0 Å². The van der Waals surface area contributed by atoms with Crippen molar-refractivity contribution in [1.29, 1.82) is 0 Å². The molecule has 1 aromatic carbocycles. The van der Waals surface area contributed by atoms with Crippen LogP contribution in [0.3, 0.4) is 0 Å². The van der Waals surface area contributed by atoms with Crippen LogP contribution in [0.15, 0.2) is 24.3 Å². The van der Waals surface area contributed by atoms with E-state index in [0.29, 0.717) is 6.42 Å². The number of carboxylic acid groups (broad SMARTS) is 1. The predicted molar refractivity (Wildman–Crippen MR) is 64.7 cm³/mol. The quantitative estimate of drug-likeness (QED) is 0.813. The average Bonchev–Trinajstić information content (AvgIpc) is 2.28. The number of benzene rings is 1. The summed E-state index contributed by atoms with van der Waals surface area (Å²) in [5.41, 5.74) is 2.01. The first-order valence-electron chi connectivity index (χ1n) is 5.60. The number of carboxylic acids is 1. The van der Waals surface area contributed by atoms with Crippen molar-refractivity contribution >= 4 is 11.9 Å². The smallest absolute Gasteiger partial charge is 0.326 e. The second-order valence-corrected chi connectivity index (χ2v) is 4.03. The highest BCUT2D eigenvalue weighted by molar-refractivity contribution is 5.84. The fraction of sp³-hybridized carbons (Fsp3) is 0.385. The zero-order valence-corrected chi connectivity index (χ0v) is 10.1. The van der Waals surface area contributed by atoms with Crippen molar-refractivity contribution in [3.63, 3.8) is 0 Å². The molecule has 4 nitrogen and oxygen atoms in total. The number of hydrogen-bond acceptors (Lipinski definition) is 2. The summed E-state index contributed by atoms with van der Waals surface area (Å²) in [6.07, 6.45) is 0.596. The van der Waals surface area contributed by atoms with Crippen LogP contribution in [0.25, 0.3) is 0 Å². The van der Waals surface area contributed by atoms with Crippen molar-refractivity contribution in [2.75, 3.05) is 0 Å². The van der Waals surface area contributed by atoms with E-state index in [1.54, 1.807) is 6.92 Å². The summed E-state index contributed by atoms with van der Waals surface area (Å²) in [6, 6.07) is 6.80. The van der Waals surface area contributed by atoms with Crippen LogP contribution in [-0.2, 0) is 16.0 Å². The first-order chi connectivity index (χ1) is 8.02. The highest BCUT2D eigenvalue weighted by atomic mass is 16.4. The van der Waals surface area contributed by atoms with Crippen LogP contribution >= 0.6 is 0 Å². The first kappa shape index (κ1) is 13.2. The summed E-state index contributed by atoms with van der Waals surface area (Å²) in [5.74, 6) is -1.26. The number of rotatable bonds is 5. The summed E-state index contributed by atoms with van der Waals surface area (Å²) in [5, 5.41) is 11.3.